The molecule has 1 aliphatic rings. The number of nitrogens with zero attached hydrogens (tertiary/aromatic N) is 2. The van der Waals surface area contributed by atoms with E-state index in [0.29, 0.717) is 11.5 Å². The summed E-state index contributed by atoms with van der Waals surface area (Å²) in [6.45, 7) is 3.84. The van der Waals surface area contributed by atoms with Gasteiger partial charge in [0.25, 0.3) is 5.91 Å². The smallest absolute Gasteiger partial charge is 0.256 e. The molecule has 2 aromatic heterocycles. The van der Waals surface area contributed by atoms with Crippen LogP contribution in [0.5, 0.6) is 0 Å². The molecule has 140 valence electrons. The molecule has 0 unspecified atom stereocenters. The number of benzene rings is 1. The largest absolute Gasteiger partial charge is 0.343 e. The van der Waals surface area contributed by atoms with Crippen LogP contribution in [0.25, 0.3) is 11.0 Å². The molecule has 1 aromatic carbocycles. The number of H-pyrrole nitrogens is 1. The van der Waals surface area contributed by atoms with Gasteiger partial charge in [-0.1, -0.05) is 6.07 Å². The Morgan fingerprint density at radius 1 is 1.22 bits per heavy atom. The zero-order valence-corrected chi connectivity index (χ0v) is 15.7. The molecule has 0 aliphatic heterocycles. The van der Waals surface area contributed by atoms with Crippen LogP contribution in [0.15, 0.2) is 35.5 Å². The summed E-state index contributed by atoms with van der Waals surface area (Å²) in [5.74, 6) is -0.0482. The first-order chi connectivity index (χ1) is 12.8. The standard InChI is InChI=1S/C18H19N5O3S/c1-10-11(2)21-16-15(10)17(20-9-19-16)22-18(24)12-4-3-5-14(8-12)27(25,26)23-13-6-7-13/h3-5,8-9,13,23H,6-7H2,1-2H3,(H2,19,20,21,22,24). The average molecular weight is 385 g/mol. The molecule has 4 rings (SSSR count). The van der Waals surface area contributed by atoms with Gasteiger partial charge in [0, 0.05) is 17.3 Å². The quantitative estimate of drug-likeness (QED) is 0.623. The fourth-order valence-electron chi connectivity index (χ4n) is 2.86. The Hall–Kier alpha value is -2.78. The Balaban J connectivity index is 1.63. The van der Waals surface area contributed by atoms with E-state index in [1.54, 1.807) is 12.1 Å². The summed E-state index contributed by atoms with van der Waals surface area (Å²) in [6.07, 6.45) is 3.06. The Bertz CT molecular complexity index is 1150. The van der Waals surface area contributed by atoms with Gasteiger partial charge in [-0.2, -0.15) is 0 Å². The number of carbonyl (C=O) groups excluding carboxylic acids is 1. The van der Waals surface area contributed by atoms with E-state index in [4.69, 9.17) is 0 Å². The normalized spacial score (nSPS) is 14.4. The predicted molar refractivity (Wildman–Crippen MR) is 101 cm³/mol. The van der Waals surface area contributed by atoms with Crippen LogP contribution in [0.4, 0.5) is 5.82 Å². The second-order valence-corrected chi connectivity index (χ2v) is 8.41. The molecule has 8 nitrogen and oxygen atoms in total. The first-order valence-electron chi connectivity index (χ1n) is 8.59. The molecule has 1 fully saturated rings. The summed E-state index contributed by atoms with van der Waals surface area (Å²) in [7, 11) is -3.62. The van der Waals surface area contributed by atoms with Gasteiger partial charge in [0.15, 0.2) is 0 Å². The molecule has 27 heavy (non-hydrogen) atoms. The number of fused-ring (bicyclic) bond motifs is 1. The number of nitrogens with one attached hydrogen (secondary N) is 3. The highest BCUT2D eigenvalue weighted by molar-refractivity contribution is 7.89. The summed E-state index contributed by atoms with van der Waals surface area (Å²) in [6, 6.07) is 5.97. The van der Waals surface area contributed by atoms with Gasteiger partial charge < -0.3 is 10.3 Å². The molecule has 0 radical (unpaired) electrons. The second-order valence-electron chi connectivity index (χ2n) is 6.70. The molecule has 0 saturated heterocycles. The first kappa shape index (κ1) is 17.6. The van der Waals surface area contributed by atoms with Gasteiger partial charge in [-0.3, -0.25) is 4.79 Å². The van der Waals surface area contributed by atoms with Crippen molar-refractivity contribution in [2.24, 2.45) is 0 Å². The number of amides is 1. The fourth-order valence-corrected chi connectivity index (χ4v) is 4.21. The summed E-state index contributed by atoms with van der Waals surface area (Å²) >= 11 is 0. The van der Waals surface area contributed by atoms with Gasteiger partial charge in [-0.25, -0.2) is 23.1 Å². The van der Waals surface area contributed by atoms with Crippen molar-refractivity contribution in [1.82, 2.24) is 19.7 Å². The second kappa shape index (κ2) is 6.43. The van der Waals surface area contributed by atoms with Crippen molar-refractivity contribution in [2.75, 3.05) is 5.32 Å². The van der Waals surface area contributed by atoms with E-state index in [1.165, 1.54) is 18.5 Å². The molecule has 1 saturated carbocycles. The molecule has 3 aromatic rings. The maximum absolute atomic E-state index is 12.7. The summed E-state index contributed by atoms with van der Waals surface area (Å²) in [4.78, 5) is 24.3. The minimum atomic E-state index is -3.62. The Morgan fingerprint density at radius 3 is 2.74 bits per heavy atom. The van der Waals surface area contributed by atoms with Gasteiger partial charge in [0.05, 0.1) is 10.3 Å². The molecule has 0 spiro atoms. The van der Waals surface area contributed by atoms with E-state index in [-0.39, 0.29) is 16.5 Å². The lowest BCUT2D eigenvalue weighted by atomic mass is 10.2. The van der Waals surface area contributed by atoms with E-state index in [1.807, 2.05) is 13.8 Å². The zero-order valence-electron chi connectivity index (χ0n) is 14.9. The molecular formula is C18H19N5O3S. The van der Waals surface area contributed by atoms with Crippen molar-refractivity contribution in [3.05, 3.63) is 47.4 Å². The molecule has 3 N–H and O–H groups in total. The van der Waals surface area contributed by atoms with Crippen LogP contribution in [-0.2, 0) is 10.0 Å². The van der Waals surface area contributed by atoms with Crippen LogP contribution in [-0.4, -0.2) is 35.3 Å². The van der Waals surface area contributed by atoms with Crippen molar-refractivity contribution < 1.29 is 13.2 Å². The summed E-state index contributed by atoms with van der Waals surface area (Å²) < 4.78 is 27.4. The van der Waals surface area contributed by atoms with Gasteiger partial charge in [-0.05, 0) is 50.5 Å². The van der Waals surface area contributed by atoms with Crippen LogP contribution in [0.1, 0.15) is 34.5 Å². The molecule has 2 heterocycles. The van der Waals surface area contributed by atoms with E-state index < -0.39 is 15.9 Å². The zero-order chi connectivity index (χ0) is 19.2. The number of rotatable bonds is 5. The molecule has 1 amide bonds. The number of aromatic amines is 1. The lowest BCUT2D eigenvalue weighted by Gasteiger charge is -2.09. The Kier molecular flexibility index (Phi) is 4.20. The lowest BCUT2D eigenvalue weighted by molar-refractivity contribution is 0.102. The topological polar surface area (TPSA) is 117 Å². The van der Waals surface area contributed by atoms with E-state index in [9.17, 15) is 13.2 Å². The van der Waals surface area contributed by atoms with E-state index in [2.05, 4.69) is 25.0 Å². The first-order valence-corrected chi connectivity index (χ1v) is 10.1. The number of hydrogen-bond acceptors (Lipinski definition) is 5. The van der Waals surface area contributed by atoms with Gasteiger partial charge in [0.2, 0.25) is 10.0 Å². The summed E-state index contributed by atoms with van der Waals surface area (Å²) in [5.41, 5.74) is 2.77. The summed E-state index contributed by atoms with van der Waals surface area (Å²) in [5, 5.41) is 3.50. The minimum Gasteiger partial charge on any atom is -0.343 e. The predicted octanol–water partition coefficient (Wildman–Crippen LogP) is 2.27. The molecule has 0 bridgehead atoms. The van der Waals surface area contributed by atoms with Crippen LogP contribution >= 0.6 is 0 Å². The van der Waals surface area contributed by atoms with E-state index >= 15 is 0 Å². The maximum Gasteiger partial charge on any atom is 0.256 e. The van der Waals surface area contributed by atoms with Crippen LogP contribution in [0.3, 0.4) is 0 Å². The number of aryl methyl sites for hydroxylation is 2. The van der Waals surface area contributed by atoms with Crippen molar-refractivity contribution in [2.45, 2.75) is 37.6 Å². The van der Waals surface area contributed by atoms with Gasteiger partial charge >= 0.3 is 0 Å². The maximum atomic E-state index is 12.7. The van der Waals surface area contributed by atoms with Gasteiger partial charge in [0.1, 0.15) is 17.8 Å². The lowest BCUT2D eigenvalue weighted by Crippen LogP contribution is -2.26. The van der Waals surface area contributed by atoms with Crippen molar-refractivity contribution in [1.29, 1.82) is 0 Å². The molecule has 0 atom stereocenters. The van der Waals surface area contributed by atoms with Crippen molar-refractivity contribution in [3.63, 3.8) is 0 Å². The molecule has 9 heteroatoms. The minimum absolute atomic E-state index is 0.00147. The van der Waals surface area contributed by atoms with Crippen LogP contribution < -0.4 is 10.0 Å². The number of anilines is 1. The molecule has 1 aliphatic carbocycles. The third kappa shape index (κ3) is 3.43. The molecular weight excluding hydrogens is 366 g/mol. The Labute approximate surface area is 156 Å². The number of carbonyl (C=O) groups is 1. The highest BCUT2D eigenvalue weighted by atomic mass is 32.2. The third-order valence-electron chi connectivity index (χ3n) is 4.63. The third-order valence-corrected chi connectivity index (χ3v) is 6.15. The number of aromatic nitrogens is 3. The van der Waals surface area contributed by atoms with Crippen molar-refractivity contribution in [3.8, 4) is 0 Å². The van der Waals surface area contributed by atoms with Crippen LogP contribution in [0, 0.1) is 13.8 Å². The highest BCUT2D eigenvalue weighted by Crippen LogP contribution is 2.26. The number of sulfonamides is 1. The highest BCUT2D eigenvalue weighted by Gasteiger charge is 2.28. The van der Waals surface area contributed by atoms with Crippen LogP contribution in [0.2, 0.25) is 0 Å². The van der Waals surface area contributed by atoms with Crippen molar-refractivity contribution >= 4 is 32.8 Å². The van der Waals surface area contributed by atoms with E-state index in [0.717, 1.165) is 29.5 Å². The fraction of sp³-hybridized carbons (Fsp3) is 0.278. The Morgan fingerprint density at radius 2 is 2.00 bits per heavy atom. The average Bonchev–Trinajstić information content (AvgIpc) is 3.39. The van der Waals surface area contributed by atoms with Gasteiger partial charge in [-0.15, -0.1) is 0 Å². The SMILES string of the molecule is Cc1[nH]c2ncnc(NC(=O)c3cccc(S(=O)(=O)NC4CC4)c3)c2c1C. The number of hydrogen-bond donors (Lipinski definition) is 3. The monoisotopic (exact) mass is 385 g/mol.